The van der Waals surface area contributed by atoms with Gasteiger partial charge in [0.1, 0.15) is 0 Å². The predicted octanol–water partition coefficient (Wildman–Crippen LogP) is 4.36. The molecule has 1 aliphatic rings. The van der Waals surface area contributed by atoms with Gasteiger partial charge in [-0.05, 0) is 32.1 Å². The molecule has 0 amide bonds. The van der Waals surface area contributed by atoms with E-state index >= 15 is 0 Å². The van der Waals surface area contributed by atoms with E-state index in [1.54, 1.807) is 0 Å². The van der Waals surface area contributed by atoms with Gasteiger partial charge in [0, 0.05) is 30.6 Å². The smallest absolute Gasteiger partial charge is 0.185 e. The van der Waals surface area contributed by atoms with E-state index in [1.165, 1.54) is 60.9 Å². The zero-order valence-corrected chi connectivity index (χ0v) is 14.9. The van der Waals surface area contributed by atoms with Crippen LogP contribution in [0.3, 0.4) is 0 Å². The van der Waals surface area contributed by atoms with E-state index in [9.17, 15) is 0 Å². The Kier molecular flexibility index (Phi) is 6.49. The van der Waals surface area contributed by atoms with E-state index in [0.29, 0.717) is 6.04 Å². The first-order valence-electron chi connectivity index (χ1n) is 8.54. The van der Waals surface area contributed by atoms with E-state index < -0.39 is 0 Å². The quantitative estimate of drug-likeness (QED) is 0.846. The van der Waals surface area contributed by atoms with Crippen molar-refractivity contribution in [2.45, 2.75) is 72.4 Å². The normalized spacial score (nSPS) is 20.0. The second-order valence-corrected chi connectivity index (χ2v) is 7.68. The van der Waals surface area contributed by atoms with Crippen LogP contribution in [0.2, 0.25) is 0 Å². The number of anilines is 1. The highest BCUT2D eigenvalue weighted by Crippen LogP contribution is 2.30. The lowest BCUT2D eigenvalue weighted by atomic mass is 9.96. The second kappa shape index (κ2) is 8.14. The van der Waals surface area contributed by atoms with Gasteiger partial charge in [0.15, 0.2) is 5.13 Å². The summed E-state index contributed by atoms with van der Waals surface area (Å²) >= 11 is 1.88. The van der Waals surface area contributed by atoms with Crippen LogP contribution < -0.4 is 10.2 Å². The van der Waals surface area contributed by atoms with Gasteiger partial charge in [-0.2, -0.15) is 0 Å². The van der Waals surface area contributed by atoms with Crippen molar-refractivity contribution in [3.8, 4) is 0 Å². The van der Waals surface area contributed by atoms with E-state index in [2.05, 4.69) is 37.9 Å². The molecule has 120 valence electrons. The van der Waals surface area contributed by atoms with Crippen molar-refractivity contribution in [3.63, 3.8) is 0 Å². The molecule has 0 spiro atoms. The molecule has 1 unspecified atom stereocenters. The van der Waals surface area contributed by atoms with Crippen LogP contribution >= 0.6 is 11.3 Å². The summed E-state index contributed by atoms with van der Waals surface area (Å²) in [5.74, 6) is 0.933. The zero-order valence-electron chi connectivity index (χ0n) is 14.1. The molecule has 0 aromatic carbocycles. The van der Waals surface area contributed by atoms with Crippen molar-refractivity contribution in [2.75, 3.05) is 18.0 Å². The Morgan fingerprint density at radius 2 is 2.14 bits per heavy atom. The first kappa shape index (κ1) is 16.8. The van der Waals surface area contributed by atoms with Crippen molar-refractivity contribution >= 4 is 16.5 Å². The molecule has 1 aromatic rings. The lowest BCUT2D eigenvalue weighted by Gasteiger charge is -2.19. The fourth-order valence-corrected chi connectivity index (χ4v) is 4.13. The molecule has 1 N–H and O–H groups in total. The number of aromatic nitrogens is 1. The van der Waals surface area contributed by atoms with Gasteiger partial charge in [0.2, 0.25) is 0 Å². The number of nitrogens with one attached hydrogen (secondary N) is 1. The summed E-state index contributed by atoms with van der Waals surface area (Å²) < 4.78 is 0. The van der Waals surface area contributed by atoms with Crippen LogP contribution in [0.4, 0.5) is 5.13 Å². The third-order valence-corrected chi connectivity index (χ3v) is 5.59. The van der Waals surface area contributed by atoms with Gasteiger partial charge in [0.25, 0.3) is 0 Å². The van der Waals surface area contributed by atoms with Gasteiger partial charge in [0.05, 0.1) is 5.69 Å². The van der Waals surface area contributed by atoms with Gasteiger partial charge in [-0.15, -0.1) is 11.3 Å². The number of thiazole rings is 1. The van der Waals surface area contributed by atoms with Crippen LogP contribution in [-0.2, 0) is 6.54 Å². The van der Waals surface area contributed by atoms with E-state index in [-0.39, 0.29) is 0 Å². The Bertz CT molecular complexity index is 428. The number of rotatable bonds is 6. The molecule has 4 heteroatoms. The Morgan fingerprint density at radius 1 is 1.33 bits per heavy atom. The molecule has 2 heterocycles. The van der Waals surface area contributed by atoms with E-state index in [0.717, 1.165) is 12.5 Å². The van der Waals surface area contributed by atoms with Crippen LogP contribution in [0, 0.1) is 12.8 Å². The Morgan fingerprint density at radius 3 is 2.86 bits per heavy atom. The minimum atomic E-state index is 0.530. The highest BCUT2D eigenvalue weighted by atomic mass is 32.1. The maximum absolute atomic E-state index is 4.83. The fraction of sp³-hybridized carbons (Fsp3) is 0.824. The van der Waals surface area contributed by atoms with Crippen molar-refractivity contribution in [1.82, 2.24) is 10.3 Å². The van der Waals surface area contributed by atoms with Crippen LogP contribution in [0.1, 0.15) is 63.4 Å². The standard InChI is InChI=1S/C17H31N3S/c1-5-7-15-8-6-10-20(11-9-15)17-19-14(4)16(21-17)12-18-13(2)3/h13,15,18H,5-12H2,1-4H3. The summed E-state index contributed by atoms with van der Waals surface area (Å²) in [6.45, 7) is 12.2. The monoisotopic (exact) mass is 309 g/mol. The molecule has 3 nitrogen and oxygen atoms in total. The maximum Gasteiger partial charge on any atom is 0.185 e. The van der Waals surface area contributed by atoms with E-state index in [1.807, 2.05) is 11.3 Å². The third kappa shape index (κ3) is 4.96. The highest BCUT2D eigenvalue weighted by Gasteiger charge is 2.19. The number of aryl methyl sites for hydroxylation is 1. The van der Waals surface area contributed by atoms with Crippen molar-refractivity contribution in [3.05, 3.63) is 10.6 Å². The second-order valence-electron chi connectivity index (χ2n) is 6.61. The zero-order chi connectivity index (χ0) is 15.2. The molecule has 1 fully saturated rings. The Hall–Kier alpha value is -0.610. The Balaban J connectivity index is 1.96. The minimum absolute atomic E-state index is 0.530. The summed E-state index contributed by atoms with van der Waals surface area (Å²) in [5, 5.41) is 4.75. The van der Waals surface area contributed by atoms with E-state index in [4.69, 9.17) is 4.98 Å². The van der Waals surface area contributed by atoms with Gasteiger partial charge >= 0.3 is 0 Å². The molecule has 1 aliphatic heterocycles. The first-order valence-corrected chi connectivity index (χ1v) is 9.36. The van der Waals surface area contributed by atoms with Crippen LogP contribution in [0.25, 0.3) is 0 Å². The first-order chi connectivity index (χ1) is 10.1. The molecule has 21 heavy (non-hydrogen) atoms. The lowest BCUT2D eigenvalue weighted by Crippen LogP contribution is -2.24. The molecule has 1 atom stereocenters. The number of hydrogen-bond donors (Lipinski definition) is 1. The van der Waals surface area contributed by atoms with Gasteiger partial charge in [-0.1, -0.05) is 33.6 Å². The molecular formula is C17H31N3S. The maximum atomic E-state index is 4.83. The van der Waals surface area contributed by atoms with Crippen molar-refractivity contribution in [2.24, 2.45) is 5.92 Å². The highest BCUT2D eigenvalue weighted by molar-refractivity contribution is 7.15. The summed E-state index contributed by atoms with van der Waals surface area (Å²) in [5.41, 5.74) is 1.21. The van der Waals surface area contributed by atoms with Crippen LogP contribution in [0.15, 0.2) is 0 Å². The minimum Gasteiger partial charge on any atom is -0.348 e. The predicted molar refractivity (Wildman–Crippen MR) is 93.3 cm³/mol. The molecule has 0 aliphatic carbocycles. The molecule has 0 bridgehead atoms. The summed E-state index contributed by atoms with van der Waals surface area (Å²) in [4.78, 5) is 8.75. The van der Waals surface area contributed by atoms with Crippen LogP contribution in [-0.4, -0.2) is 24.1 Å². The number of nitrogens with zero attached hydrogens (tertiary/aromatic N) is 2. The van der Waals surface area contributed by atoms with Gasteiger partial charge < -0.3 is 10.2 Å². The molecular weight excluding hydrogens is 278 g/mol. The molecule has 2 rings (SSSR count). The summed E-state index contributed by atoms with van der Waals surface area (Å²) in [7, 11) is 0. The van der Waals surface area contributed by atoms with Crippen molar-refractivity contribution < 1.29 is 0 Å². The third-order valence-electron chi connectivity index (χ3n) is 4.37. The summed E-state index contributed by atoms with van der Waals surface area (Å²) in [6.07, 6.45) is 6.78. The SMILES string of the molecule is CCCC1CCCN(c2nc(C)c(CNC(C)C)s2)CC1. The average Bonchev–Trinajstić information content (AvgIpc) is 2.66. The average molecular weight is 310 g/mol. The molecule has 0 saturated carbocycles. The molecule has 1 saturated heterocycles. The number of hydrogen-bond acceptors (Lipinski definition) is 4. The lowest BCUT2D eigenvalue weighted by molar-refractivity contribution is 0.435. The molecule has 0 radical (unpaired) electrons. The molecule has 1 aromatic heterocycles. The van der Waals surface area contributed by atoms with Crippen LogP contribution in [0.5, 0.6) is 0 Å². The topological polar surface area (TPSA) is 28.2 Å². The van der Waals surface area contributed by atoms with Gasteiger partial charge in [-0.25, -0.2) is 4.98 Å². The van der Waals surface area contributed by atoms with Crippen molar-refractivity contribution in [1.29, 1.82) is 0 Å². The fourth-order valence-electron chi connectivity index (χ4n) is 3.06. The van der Waals surface area contributed by atoms with Gasteiger partial charge in [-0.3, -0.25) is 0 Å². The summed E-state index contributed by atoms with van der Waals surface area (Å²) in [6, 6.07) is 0.530. The Labute approximate surface area is 134 Å². The largest absolute Gasteiger partial charge is 0.348 e.